The van der Waals surface area contributed by atoms with Gasteiger partial charge in [0.15, 0.2) is 11.6 Å². The summed E-state index contributed by atoms with van der Waals surface area (Å²) < 4.78 is 18.3. The molecular weight excluding hydrogens is 283 g/mol. The Morgan fingerprint density at radius 3 is 2.65 bits per heavy atom. The number of carbonyl (C=O) groups excluding carboxylic acids is 1. The van der Waals surface area contributed by atoms with Crippen LogP contribution in [0.4, 0.5) is 15.8 Å². The van der Waals surface area contributed by atoms with Crippen LogP contribution in [0.1, 0.15) is 10.4 Å². The Balaban J connectivity index is 2.19. The lowest BCUT2D eigenvalue weighted by Crippen LogP contribution is -2.12. The highest BCUT2D eigenvalue weighted by atomic mass is 35.5. The second-order valence-electron chi connectivity index (χ2n) is 4.04. The number of nitrogens with one attached hydrogen (secondary N) is 1. The van der Waals surface area contributed by atoms with Gasteiger partial charge in [-0.3, -0.25) is 4.79 Å². The number of rotatable bonds is 3. The second-order valence-corrected chi connectivity index (χ2v) is 4.45. The van der Waals surface area contributed by atoms with Gasteiger partial charge in [0, 0.05) is 11.3 Å². The maximum absolute atomic E-state index is 13.5. The molecular formula is C14H12ClFN2O2. The molecule has 0 atom stereocenters. The molecule has 0 aromatic heterocycles. The second kappa shape index (κ2) is 5.79. The first kappa shape index (κ1) is 14.1. The largest absolute Gasteiger partial charge is 0.494 e. The number of benzene rings is 2. The number of hydrogen-bond acceptors (Lipinski definition) is 3. The Morgan fingerprint density at radius 1 is 1.30 bits per heavy atom. The SMILES string of the molecule is COc1ccc(C(=O)Nc2ccc(Cl)c(N)c2)cc1F. The third-order valence-corrected chi connectivity index (χ3v) is 3.01. The third kappa shape index (κ3) is 3.00. The summed E-state index contributed by atoms with van der Waals surface area (Å²) in [6.45, 7) is 0. The maximum Gasteiger partial charge on any atom is 0.255 e. The topological polar surface area (TPSA) is 64.3 Å². The fourth-order valence-corrected chi connectivity index (χ4v) is 1.75. The van der Waals surface area contributed by atoms with Gasteiger partial charge < -0.3 is 15.8 Å². The number of amides is 1. The van der Waals surface area contributed by atoms with Crippen molar-refractivity contribution in [2.24, 2.45) is 0 Å². The van der Waals surface area contributed by atoms with Crippen molar-refractivity contribution in [3.8, 4) is 5.75 Å². The number of nitrogen functional groups attached to an aromatic ring is 1. The minimum atomic E-state index is -0.601. The van der Waals surface area contributed by atoms with Crippen LogP contribution >= 0.6 is 11.6 Å². The highest BCUT2D eigenvalue weighted by molar-refractivity contribution is 6.33. The Kier molecular flexibility index (Phi) is 4.10. The predicted molar refractivity (Wildman–Crippen MR) is 76.8 cm³/mol. The number of anilines is 2. The summed E-state index contributed by atoms with van der Waals surface area (Å²) in [5.74, 6) is -0.971. The van der Waals surface area contributed by atoms with Crippen molar-refractivity contribution in [2.45, 2.75) is 0 Å². The molecule has 1 amide bonds. The summed E-state index contributed by atoms with van der Waals surface area (Å²) in [6, 6.07) is 8.67. The molecule has 2 aromatic rings. The Hall–Kier alpha value is -2.27. The van der Waals surface area contributed by atoms with Crippen molar-refractivity contribution in [3.63, 3.8) is 0 Å². The lowest BCUT2D eigenvalue weighted by Gasteiger charge is -2.08. The Labute approximate surface area is 120 Å². The first-order valence-corrected chi connectivity index (χ1v) is 6.09. The average Bonchev–Trinajstić information content (AvgIpc) is 2.42. The summed E-state index contributed by atoms with van der Waals surface area (Å²) in [6.07, 6.45) is 0. The quantitative estimate of drug-likeness (QED) is 0.854. The monoisotopic (exact) mass is 294 g/mol. The summed E-state index contributed by atoms with van der Waals surface area (Å²) in [4.78, 5) is 12.0. The molecule has 0 heterocycles. The van der Waals surface area contributed by atoms with E-state index < -0.39 is 11.7 Å². The zero-order chi connectivity index (χ0) is 14.7. The van der Waals surface area contributed by atoms with E-state index >= 15 is 0 Å². The highest BCUT2D eigenvalue weighted by Crippen LogP contribution is 2.23. The van der Waals surface area contributed by atoms with Crippen LogP contribution < -0.4 is 15.8 Å². The van der Waals surface area contributed by atoms with Gasteiger partial charge in [-0.05, 0) is 36.4 Å². The van der Waals surface area contributed by atoms with E-state index in [2.05, 4.69) is 5.32 Å². The van der Waals surface area contributed by atoms with Crippen molar-refractivity contribution < 1.29 is 13.9 Å². The minimum absolute atomic E-state index is 0.0808. The van der Waals surface area contributed by atoms with Gasteiger partial charge in [0.1, 0.15) is 0 Å². The molecule has 6 heteroatoms. The Morgan fingerprint density at radius 2 is 2.05 bits per heavy atom. The van der Waals surface area contributed by atoms with Crippen LogP contribution in [0.25, 0.3) is 0 Å². The fraction of sp³-hybridized carbons (Fsp3) is 0.0714. The van der Waals surface area contributed by atoms with Gasteiger partial charge in [-0.1, -0.05) is 11.6 Å². The van der Waals surface area contributed by atoms with Gasteiger partial charge in [-0.2, -0.15) is 0 Å². The van der Waals surface area contributed by atoms with Crippen LogP contribution in [0.3, 0.4) is 0 Å². The normalized spacial score (nSPS) is 10.2. The van der Waals surface area contributed by atoms with Crippen LogP contribution in [0.5, 0.6) is 5.75 Å². The van der Waals surface area contributed by atoms with Crippen LogP contribution in [0, 0.1) is 5.82 Å². The zero-order valence-electron chi connectivity index (χ0n) is 10.6. The number of nitrogens with two attached hydrogens (primary N) is 1. The molecule has 20 heavy (non-hydrogen) atoms. The van der Waals surface area contributed by atoms with Crippen molar-refractivity contribution in [1.82, 2.24) is 0 Å². The summed E-state index contributed by atoms with van der Waals surface area (Å²) in [7, 11) is 1.36. The van der Waals surface area contributed by atoms with E-state index in [0.29, 0.717) is 16.4 Å². The molecule has 4 nitrogen and oxygen atoms in total. The van der Waals surface area contributed by atoms with Crippen molar-refractivity contribution >= 4 is 28.9 Å². The molecule has 0 saturated heterocycles. The molecule has 0 aliphatic rings. The molecule has 0 fully saturated rings. The summed E-state index contributed by atoms with van der Waals surface area (Å²) in [5, 5.41) is 3.01. The van der Waals surface area contributed by atoms with Crippen molar-refractivity contribution in [1.29, 1.82) is 0 Å². The molecule has 0 saturated carbocycles. The van der Waals surface area contributed by atoms with Gasteiger partial charge in [0.05, 0.1) is 17.8 Å². The first-order valence-electron chi connectivity index (χ1n) is 5.71. The lowest BCUT2D eigenvalue weighted by atomic mass is 10.2. The number of halogens is 2. The van der Waals surface area contributed by atoms with Gasteiger partial charge >= 0.3 is 0 Å². The number of carbonyl (C=O) groups is 1. The predicted octanol–water partition coefficient (Wildman–Crippen LogP) is 3.32. The number of ether oxygens (including phenoxy) is 1. The van der Waals surface area contributed by atoms with E-state index in [0.717, 1.165) is 6.07 Å². The highest BCUT2D eigenvalue weighted by Gasteiger charge is 2.10. The third-order valence-electron chi connectivity index (χ3n) is 2.67. The van der Waals surface area contributed by atoms with Crippen LogP contribution in [0.2, 0.25) is 5.02 Å². The van der Waals surface area contributed by atoms with Crippen LogP contribution in [-0.2, 0) is 0 Å². The molecule has 0 aliphatic carbocycles. The van der Waals surface area contributed by atoms with Crippen molar-refractivity contribution in [3.05, 3.63) is 52.8 Å². The van der Waals surface area contributed by atoms with E-state index in [-0.39, 0.29) is 11.3 Å². The van der Waals surface area contributed by atoms with E-state index in [4.69, 9.17) is 22.1 Å². The average molecular weight is 295 g/mol. The van der Waals surface area contributed by atoms with Crippen molar-refractivity contribution in [2.75, 3.05) is 18.2 Å². The molecule has 0 unspecified atom stereocenters. The summed E-state index contributed by atoms with van der Waals surface area (Å²) >= 11 is 5.79. The van der Waals surface area contributed by atoms with Gasteiger partial charge in [0.25, 0.3) is 5.91 Å². The van der Waals surface area contributed by atoms with Gasteiger partial charge in [0.2, 0.25) is 0 Å². The maximum atomic E-state index is 13.5. The first-order chi connectivity index (χ1) is 9.51. The van der Waals surface area contributed by atoms with E-state index in [9.17, 15) is 9.18 Å². The van der Waals surface area contributed by atoms with E-state index in [1.165, 1.54) is 25.3 Å². The van der Waals surface area contributed by atoms with Crippen LogP contribution in [-0.4, -0.2) is 13.0 Å². The molecule has 0 aliphatic heterocycles. The van der Waals surface area contributed by atoms with E-state index in [1.54, 1.807) is 12.1 Å². The molecule has 2 rings (SSSR count). The number of hydrogen-bond donors (Lipinski definition) is 2. The minimum Gasteiger partial charge on any atom is -0.494 e. The van der Waals surface area contributed by atoms with Crippen LogP contribution in [0.15, 0.2) is 36.4 Å². The molecule has 104 valence electrons. The smallest absolute Gasteiger partial charge is 0.255 e. The lowest BCUT2D eigenvalue weighted by molar-refractivity contribution is 0.102. The number of methoxy groups -OCH3 is 1. The van der Waals surface area contributed by atoms with E-state index in [1.807, 2.05) is 0 Å². The Bertz CT molecular complexity index is 662. The molecule has 0 bridgehead atoms. The molecule has 2 aromatic carbocycles. The summed E-state index contributed by atoms with van der Waals surface area (Å²) in [5.41, 5.74) is 6.65. The molecule has 3 N–H and O–H groups in total. The standard InChI is InChI=1S/C14H12ClFN2O2/c1-20-13-5-2-8(6-11(13)16)14(19)18-9-3-4-10(15)12(17)7-9/h2-7H,17H2,1H3,(H,18,19). The zero-order valence-corrected chi connectivity index (χ0v) is 11.4. The van der Waals surface area contributed by atoms with Gasteiger partial charge in [-0.25, -0.2) is 4.39 Å². The van der Waals surface area contributed by atoms with Gasteiger partial charge in [-0.15, -0.1) is 0 Å². The molecule has 0 spiro atoms. The molecule has 0 radical (unpaired) electrons. The fourth-order valence-electron chi connectivity index (χ4n) is 1.63.